The third-order valence-electron chi connectivity index (χ3n) is 4.23. The number of carbonyl (C=O) groups is 1. The van der Waals surface area contributed by atoms with E-state index in [-0.39, 0.29) is 0 Å². The van der Waals surface area contributed by atoms with Crippen LogP contribution >= 0.6 is 0 Å². The molecule has 0 saturated carbocycles. The van der Waals surface area contributed by atoms with Crippen molar-refractivity contribution in [2.24, 2.45) is 0 Å². The molecule has 120 valence electrons. The summed E-state index contributed by atoms with van der Waals surface area (Å²) in [4.78, 5) is 16.2. The average molecular weight is 305 g/mol. The third kappa shape index (κ3) is 3.27. The Balaban J connectivity index is 1.87. The fourth-order valence-corrected chi connectivity index (χ4v) is 3.04. The lowest BCUT2D eigenvalue weighted by molar-refractivity contribution is 0.122. The van der Waals surface area contributed by atoms with Crippen LogP contribution in [0.2, 0.25) is 0 Å². The Labute approximate surface area is 131 Å². The fourth-order valence-electron chi connectivity index (χ4n) is 3.04. The van der Waals surface area contributed by atoms with E-state index < -0.39 is 6.09 Å². The topological polar surface area (TPSA) is 54.0 Å². The molecule has 0 atom stereocenters. The second-order valence-electron chi connectivity index (χ2n) is 5.61. The molecular weight excluding hydrogens is 282 g/mol. The molecular formula is C16H23N3O3. The molecule has 6 heteroatoms. The number of carbonyl (C=O) groups excluding carboxylic acids is 1. The minimum atomic E-state index is -0.431. The largest absolute Gasteiger partial charge is 0.453 e. The number of ether oxygens (including phenoxy) is 2. The highest BCUT2D eigenvalue weighted by molar-refractivity contribution is 5.91. The standard InChI is InChI=1S/C16H23N3O3/c1-21-16(20)17-14-12-13(18-8-10-22-11-9-18)4-5-15(14)19-6-2-3-7-19/h4-5,12H,2-3,6-11H2,1H3,(H,17,20). The maximum Gasteiger partial charge on any atom is 0.411 e. The number of amides is 1. The van der Waals surface area contributed by atoms with E-state index in [0.717, 1.165) is 56.5 Å². The minimum Gasteiger partial charge on any atom is -0.453 e. The summed E-state index contributed by atoms with van der Waals surface area (Å²) in [6.07, 6.45) is 1.96. The lowest BCUT2D eigenvalue weighted by Gasteiger charge is -2.30. The molecule has 0 aliphatic carbocycles. The number of benzene rings is 1. The zero-order valence-electron chi connectivity index (χ0n) is 13.0. The molecule has 0 spiro atoms. The van der Waals surface area contributed by atoms with Gasteiger partial charge in [0.2, 0.25) is 0 Å². The molecule has 2 heterocycles. The van der Waals surface area contributed by atoms with Gasteiger partial charge in [-0.15, -0.1) is 0 Å². The molecule has 1 aromatic rings. The van der Waals surface area contributed by atoms with Crippen LogP contribution in [0.15, 0.2) is 18.2 Å². The lowest BCUT2D eigenvalue weighted by Crippen LogP contribution is -2.36. The number of anilines is 3. The summed E-state index contributed by atoms with van der Waals surface area (Å²) in [6.45, 7) is 5.31. The van der Waals surface area contributed by atoms with E-state index in [1.165, 1.54) is 20.0 Å². The van der Waals surface area contributed by atoms with Crippen molar-refractivity contribution in [3.05, 3.63) is 18.2 Å². The number of morpholine rings is 1. The Bertz CT molecular complexity index is 523. The highest BCUT2D eigenvalue weighted by Gasteiger charge is 2.19. The van der Waals surface area contributed by atoms with Crippen LogP contribution in [0.25, 0.3) is 0 Å². The van der Waals surface area contributed by atoms with Crippen molar-refractivity contribution >= 4 is 23.2 Å². The van der Waals surface area contributed by atoms with Crippen molar-refractivity contribution < 1.29 is 14.3 Å². The van der Waals surface area contributed by atoms with Gasteiger partial charge < -0.3 is 19.3 Å². The molecule has 3 rings (SSSR count). The summed E-state index contributed by atoms with van der Waals surface area (Å²) in [5, 5.41) is 2.86. The van der Waals surface area contributed by atoms with E-state index in [0.29, 0.717) is 0 Å². The van der Waals surface area contributed by atoms with Gasteiger partial charge in [0.1, 0.15) is 0 Å². The van der Waals surface area contributed by atoms with E-state index in [1.807, 2.05) is 6.07 Å². The van der Waals surface area contributed by atoms with Gasteiger partial charge in [0.15, 0.2) is 0 Å². The van der Waals surface area contributed by atoms with Gasteiger partial charge in [-0.05, 0) is 31.0 Å². The Morgan fingerprint density at radius 3 is 2.55 bits per heavy atom. The number of nitrogens with zero attached hydrogens (tertiary/aromatic N) is 2. The average Bonchev–Trinajstić information content (AvgIpc) is 3.10. The normalized spacial score (nSPS) is 18.4. The van der Waals surface area contributed by atoms with E-state index in [9.17, 15) is 4.79 Å². The smallest absolute Gasteiger partial charge is 0.411 e. The summed E-state index contributed by atoms with van der Waals surface area (Å²) in [6, 6.07) is 6.26. The molecule has 2 fully saturated rings. The van der Waals surface area contributed by atoms with Crippen molar-refractivity contribution in [2.45, 2.75) is 12.8 Å². The van der Waals surface area contributed by atoms with E-state index in [4.69, 9.17) is 9.47 Å². The first kappa shape index (κ1) is 15.0. The van der Waals surface area contributed by atoms with Gasteiger partial charge in [-0.3, -0.25) is 5.32 Å². The molecule has 0 unspecified atom stereocenters. The number of methoxy groups -OCH3 is 1. The molecule has 1 amide bonds. The molecule has 2 saturated heterocycles. The van der Waals surface area contributed by atoms with Crippen LogP contribution in [0, 0.1) is 0 Å². The monoisotopic (exact) mass is 305 g/mol. The van der Waals surface area contributed by atoms with Crippen molar-refractivity contribution in [1.29, 1.82) is 0 Å². The van der Waals surface area contributed by atoms with E-state index in [2.05, 4.69) is 27.2 Å². The van der Waals surface area contributed by atoms with Gasteiger partial charge in [0.05, 0.1) is 31.7 Å². The van der Waals surface area contributed by atoms with Crippen molar-refractivity contribution in [1.82, 2.24) is 0 Å². The summed E-state index contributed by atoms with van der Waals surface area (Å²) in [5.74, 6) is 0. The van der Waals surface area contributed by atoms with Crippen LogP contribution in [-0.2, 0) is 9.47 Å². The van der Waals surface area contributed by atoms with Crippen LogP contribution in [0.5, 0.6) is 0 Å². The summed E-state index contributed by atoms with van der Waals surface area (Å²) in [5.41, 5.74) is 3.00. The van der Waals surface area contributed by atoms with E-state index in [1.54, 1.807) is 0 Å². The van der Waals surface area contributed by atoms with Crippen LogP contribution in [0.4, 0.5) is 21.9 Å². The molecule has 2 aliphatic rings. The molecule has 6 nitrogen and oxygen atoms in total. The Morgan fingerprint density at radius 2 is 1.86 bits per heavy atom. The molecule has 0 aromatic heterocycles. The predicted molar refractivity (Wildman–Crippen MR) is 86.9 cm³/mol. The maximum atomic E-state index is 11.7. The van der Waals surface area contributed by atoms with Crippen molar-refractivity contribution in [3.63, 3.8) is 0 Å². The molecule has 1 aromatic carbocycles. The second-order valence-corrected chi connectivity index (χ2v) is 5.61. The number of rotatable bonds is 3. The Hall–Kier alpha value is -1.95. The van der Waals surface area contributed by atoms with Crippen molar-refractivity contribution in [3.8, 4) is 0 Å². The SMILES string of the molecule is COC(=O)Nc1cc(N2CCOCC2)ccc1N1CCCC1. The zero-order chi connectivity index (χ0) is 15.4. The highest BCUT2D eigenvalue weighted by atomic mass is 16.5. The summed E-state index contributed by atoms with van der Waals surface area (Å²) >= 11 is 0. The molecule has 0 bridgehead atoms. The van der Waals surface area contributed by atoms with E-state index >= 15 is 0 Å². The van der Waals surface area contributed by atoms with Gasteiger partial charge >= 0.3 is 6.09 Å². The summed E-state index contributed by atoms with van der Waals surface area (Å²) < 4.78 is 10.2. The molecule has 1 N–H and O–H groups in total. The van der Waals surface area contributed by atoms with Crippen LogP contribution in [0.1, 0.15) is 12.8 Å². The van der Waals surface area contributed by atoms with Crippen LogP contribution in [-0.4, -0.2) is 52.6 Å². The second kappa shape index (κ2) is 6.87. The lowest BCUT2D eigenvalue weighted by atomic mass is 10.2. The van der Waals surface area contributed by atoms with Gasteiger partial charge in [0, 0.05) is 31.9 Å². The molecule has 2 aliphatic heterocycles. The first-order chi connectivity index (χ1) is 10.8. The number of nitrogens with one attached hydrogen (secondary N) is 1. The number of hydrogen-bond acceptors (Lipinski definition) is 5. The minimum absolute atomic E-state index is 0.431. The molecule has 22 heavy (non-hydrogen) atoms. The first-order valence-corrected chi connectivity index (χ1v) is 7.84. The third-order valence-corrected chi connectivity index (χ3v) is 4.23. The first-order valence-electron chi connectivity index (χ1n) is 7.84. The molecule has 0 radical (unpaired) electrons. The summed E-state index contributed by atoms with van der Waals surface area (Å²) in [7, 11) is 1.39. The fraction of sp³-hybridized carbons (Fsp3) is 0.562. The van der Waals surface area contributed by atoms with Gasteiger partial charge in [-0.1, -0.05) is 0 Å². The van der Waals surface area contributed by atoms with Gasteiger partial charge in [-0.25, -0.2) is 4.79 Å². The highest BCUT2D eigenvalue weighted by Crippen LogP contribution is 2.33. The van der Waals surface area contributed by atoms with Crippen LogP contribution in [0.3, 0.4) is 0 Å². The van der Waals surface area contributed by atoms with Gasteiger partial charge in [-0.2, -0.15) is 0 Å². The Kier molecular flexibility index (Phi) is 4.68. The quantitative estimate of drug-likeness (QED) is 0.928. The van der Waals surface area contributed by atoms with Gasteiger partial charge in [0.25, 0.3) is 0 Å². The van der Waals surface area contributed by atoms with Crippen molar-refractivity contribution in [2.75, 3.05) is 61.6 Å². The predicted octanol–water partition coefficient (Wildman–Crippen LogP) is 2.30. The maximum absolute atomic E-state index is 11.7. The number of hydrogen-bond donors (Lipinski definition) is 1. The van der Waals surface area contributed by atoms with Crippen LogP contribution < -0.4 is 15.1 Å². The zero-order valence-corrected chi connectivity index (χ0v) is 13.0. The Morgan fingerprint density at radius 1 is 1.14 bits per heavy atom.